The van der Waals surface area contributed by atoms with Crippen molar-refractivity contribution in [2.45, 2.75) is 0 Å². The molecule has 0 saturated heterocycles. The molecular formula is C15H8ClFN4. The number of halogens is 2. The van der Waals surface area contributed by atoms with Crippen LogP contribution in [0.15, 0.2) is 42.7 Å². The Morgan fingerprint density at radius 2 is 2.00 bits per heavy atom. The summed E-state index contributed by atoms with van der Waals surface area (Å²) in [6.07, 6.45) is 3.12. The van der Waals surface area contributed by atoms with Crippen LogP contribution in [0.5, 0.6) is 0 Å². The molecule has 2 heterocycles. The molecule has 0 aliphatic rings. The van der Waals surface area contributed by atoms with Gasteiger partial charge in [0.1, 0.15) is 23.4 Å². The van der Waals surface area contributed by atoms with Crippen LogP contribution in [0.25, 0.3) is 22.6 Å². The van der Waals surface area contributed by atoms with Crippen LogP contribution < -0.4 is 0 Å². The molecule has 4 nitrogen and oxygen atoms in total. The van der Waals surface area contributed by atoms with Crippen molar-refractivity contribution in [3.05, 3.63) is 59.3 Å². The summed E-state index contributed by atoms with van der Waals surface area (Å²) in [5.74, 6) is -0.0983. The number of pyridine rings is 1. The first-order valence-corrected chi connectivity index (χ1v) is 6.43. The van der Waals surface area contributed by atoms with E-state index in [4.69, 9.17) is 16.9 Å². The molecule has 0 radical (unpaired) electrons. The Morgan fingerprint density at radius 3 is 2.67 bits per heavy atom. The maximum absolute atomic E-state index is 13.9. The van der Waals surface area contributed by atoms with Crippen molar-refractivity contribution < 1.29 is 4.39 Å². The summed E-state index contributed by atoms with van der Waals surface area (Å²) in [5, 5.41) is 9.01. The van der Waals surface area contributed by atoms with E-state index in [0.29, 0.717) is 17.2 Å². The SMILES string of the molecule is N#Cc1ccc(-c2cnc(-c3c(F)cccc3Cl)[nH]2)cn1. The van der Waals surface area contributed by atoms with Crippen molar-refractivity contribution in [2.24, 2.45) is 0 Å². The Bertz CT molecular complexity index is 813. The first kappa shape index (κ1) is 13.3. The zero-order chi connectivity index (χ0) is 14.8. The van der Waals surface area contributed by atoms with Crippen LogP contribution in [0.4, 0.5) is 4.39 Å². The van der Waals surface area contributed by atoms with Crippen LogP contribution >= 0.6 is 11.6 Å². The van der Waals surface area contributed by atoms with Crippen molar-refractivity contribution >= 4 is 11.6 Å². The molecule has 3 rings (SSSR count). The summed E-state index contributed by atoms with van der Waals surface area (Å²) in [6, 6.07) is 9.76. The van der Waals surface area contributed by atoms with E-state index in [1.807, 2.05) is 6.07 Å². The molecule has 102 valence electrons. The van der Waals surface area contributed by atoms with Crippen LogP contribution in [0.3, 0.4) is 0 Å². The van der Waals surface area contributed by atoms with Crippen molar-refractivity contribution in [1.82, 2.24) is 15.0 Å². The minimum absolute atomic E-state index is 0.229. The summed E-state index contributed by atoms with van der Waals surface area (Å²) in [7, 11) is 0. The van der Waals surface area contributed by atoms with Crippen molar-refractivity contribution in [3.63, 3.8) is 0 Å². The van der Waals surface area contributed by atoms with E-state index in [0.717, 1.165) is 5.56 Å². The molecule has 0 aliphatic heterocycles. The first-order valence-electron chi connectivity index (χ1n) is 6.05. The summed E-state index contributed by atoms with van der Waals surface area (Å²) in [5.41, 5.74) is 1.98. The maximum atomic E-state index is 13.9. The Kier molecular flexibility index (Phi) is 3.38. The van der Waals surface area contributed by atoms with Crippen molar-refractivity contribution in [1.29, 1.82) is 5.26 Å². The zero-order valence-corrected chi connectivity index (χ0v) is 11.4. The summed E-state index contributed by atoms with van der Waals surface area (Å²) >= 11 is 6.01. The molecule has 0 unspecified atom stereocenters. The standard InChI is InChI=1S/C15H8ClFN4/c16-11-2-1-3-12(17)14(11)15-20-8-13(21-15)9-4-5-10(6-18)19-7-9/h1-5,7-8H,(H,20,21). The third kappa shape index (κ3) is 2.49. The lowest BCUT2D eigenvalue weighted by Crippen LogP contribution is -1.88. The van der Waals surface area contributed by atoms with Gasteiger partial charge in [-0.3, -0.25) is 0 Å². The number of H-pyrrole nitrogens is 1. The fraction of sp³-hybridized carbons (Fsp3) is 0. The predicted molar refractivity (Wildman–Crippen MR) is 76.9 cm³/mol. The second kappa shape index (κ2) is 5.35. The second-order valence-corrected chi connectivity index (χ2v) is 4.69. The first-order chi connectivity index (χ1) is 10.2. The molecule has 0 fully saturated rings. The lowest BCUT2D eigenvalue weighted by atomic mass is 10.2. The van der Waals surface area contributed by atoms with Gasteiger partial charge in [0.25, 0.3) is 0 Å². The lowest BCUT2D eigenvalue weighted by molar-refractivity contribution is 0.630. The van der Waals surface area contributed by atoms with E-state index >= 15 is 0 Å². The molecule has 3 aromatic rings. The molecule has 2 aromatic heterocycles. The average Bonchev–Trinajstić information content (AvgIpc) is 2.97. The Hall–Kier alpha value is -2.71. The molecule has 21 heavy (non-hydrogen) atoms. The molecule has 0 bridgehead atoms. The number of hydrogen-bond donors (Lipinski definition) is 1. The van der Waals surface area contributed by atoms with Gasteiger partial charge in [-0.15, -0.1) is 0 Å². The highest BCUT2D eigenvalue weighted by Crippen LogP contribution is 2.29. The summed E-state index contributed by atoms with van der Waals surface area (Å²) in [4.78, 5) is 11.1. The molecular weight excluding hydrogens is 291 g/mol. The van der Waals surface area contributed by atoms with E-state index in [2.05, 4.69) is 15.0 Å². The van der Waals surface area contributed by atoms with Crippen molar-refractivity contribution in [2.75, 3.05) is 0 Å². The largest absolute Gasteiger partial charge is 0.338 e. The lowest BCUT2D eigenvalue weighted by Gasteiger charge is -2.02. The summed E-state index contributed by atoms with van der Waals surface area (Å²) in [6.45, 7) is 0. The minimum atomic E-state index is -0.443. The number of hydrogen-bond acceptors (Lipinski definition) is 3. The van der Waals surface area contributed by atoms with Crippen molar-refractivity contribution in [3.8, 4) is 28.7 Å². The topological polar surface area (TPSA) is 65.4 Å². The molecule has 0 amide bonds. The van der Waals surface area contributed by atoms with E-state index in [1.54, 1.807) is 30.6 Å². The number of benzene rings is 1. The number of nitrogens with zero attached hydrogens (tertiary/aromatic N) is 3. The second-order valence-electron chi connectivity index (χ2n) is 4.29. The number of aromatic amines is 1. The van der Waals surface area contributed by atoms with E-state index in [9.17, 15) is 4.39 Å². The van der Waals surface area contributed by atoms with E-state index in [-0.39, 0.29) is 10.6 Å². The molecule has 0 saturated carbocycles. The fourth-order valence-electron chi connectivity index (χ4n) is 1.94. The molecule has 0 aliphatic carbocycles. The van der Waals surface area contributed by atoms with E-state index in [1.165, 1.54) is 12.1 Å². The zero-order valence-electron chi connectivity index (χ0n) is 10.6. The third-order valence-corrected chi connectivity index (χ3v) is 3.28. The third-order valence-electron chi connectivity index (χ3n) is 2.96. The van der Waals surface area contributed by atoms with Gasteiger partial charge >= 0.3 is 0 Å². The molecule has 1 N–H and O–H groups in total. The Morgan fingerprint density at radius 1 is 1.14 bits per heavy atom. The number of nitrogens with one attached hydrogen (secondary N) is 1. The molecule has 1 aromatic carbocycles. The predicted octanol–water partition coefficient (Wildman–Crippen LogP) is 3.80. The van der Waals surface area contributed by atoms with Gasteiger partial charge in [0.05, 0.1) is 22.5 Å². The van der Waals surface area contributed by atoms with Gasteiger partial charge in [-0.05, 0) is 24.3 Å². The Labute approximate surface area is 124 Å². The van der Waals surface area contributed by atoms with Gasteiger partial charge in [0, 0.05) is 11.8 Å². The Balaban J connectivity index is 2.02. The van der Waals surface area contributed by atoms with Gasteiger partial charge in [-0.2, -0.15) is 5.26 Å². The van der Waals surface area contributed by atoms with Gasteiger partial charge in [-0.25, -0.2) is 14.4 Å². The number of aromatic nitrogens is 3. The highest BCUT2D eigenvalue weighted by molar-refractivity contribution is 6.33. The van der Waals surface area contributed by atoms with Gasteiger partial charge in [0.2, 0.25) is 0 Å². The molecule has 0 spiro atoms. The van der Waals surface area contributed by atoms with Crippen LogP contribution in [0.1, 0.15) is 5.69 Å². The monoisotopic (exact) mass is 298 g/mol. The maximum Gasteiger partial charge on any atom is 0.142 e. The smallest absolute Gasteiger partial charge is 0.142 e. The fourth-order valence-corrected chi connectivity index (χ4v) is 2.19. The van der Waals surface area contributed by atoms with Gasteiger partial charge in [-0.1, -0.05) is 17.7 Å². The normalized spacial score (nSPS) is 10.3. The number of nitriles is 1. The highest BCUT2D eigenvalue weighted by atomic mass is 35.5. The number of rotatable bonds is 2. The van der Waals surface area contributed by atoms with Crippen LogP contribution in [-0.2, 0) is 0 Å². The molecule has 6 heteroatoms. The van der Waals surface area contributed by atoms with Gasteiger partial charge < -0.3 is 4.98 Å². The van der Waals surface area contributed by atoms with E-state index < -0.39 is 5.82 Å². The van der Waals surface area contributed by atoms with Crippen LogP contribution in [0.2, 0.25) is 5.02 Å². The summed E-state index contributed by atoms with van der Waals surface area (Å²) < 4.78 is 13.9. The quantitative estimate of drug-likeness (QED) is 0.782. The minimum Gasteiger partial charge on any atom is -0.338 e. The highest BCUT2D eigenvalue weighted by Gasteiger charge is 2.13. The number of imidazole rings is 1. The van der Waals surface area contributed by atoms with Crippen LogP contribution in [-0.4, -0.2) is 15.0 Å². The van der Waals surface area contributed by atoms with Crippen LogP contribution in [0, 0.1) is 17.1 Å². The average molecular weight is 299 g/mol. The molecule has 0 atom stereocenters. The van der Waals surface area contributed by atoms with Gasteiger partial charge in [0.15, 0.2) is 0 Å².